The Bertz CT molecular complexity index is 1330. The van der Waals surface area contributed by atoms with Gasteiger partial charge in [-0.1, -0.05) is 48.5 Å². The minimum absolute atomic E-state index is 0.000308. The van der Waals surface area contributed by atoms with Crippen molar-refractivity contribution in [3.63, 3.8) is 0 Å². The van der Waals surface area contributed by atoms with E-state index < -0.39 is 0 Å². The van der Waals surface area contributed by atoms with Gasteiger partial charge in [0.15, 0.2) is 0 Å². The predicted molar refractivity (Wildman–Crippen MR) is 200 cm³/mol. The molecular formula is C44H73N3O3. The second-order valence-electron chi connectivity index (χ2n) is 21.1. The number of hydrogen-bond donors (Lipinski definition) is 0. The first-order valence-electron chi connectivity index (χ1n) is 21.6. The molecule has 8 aliphatic rings. The first-order valence-corrected chi connectivity index (χ1v) is 21.6. The number of carbonyl (C=O) groups excluding carboxylic acids is 2. The summed E-state index contributed by atoms with van der Waals surface area (Å²) in [5.74, 6) is 3.67. The highest BCUT2D eigenvalue weighted by molar-refractivity contribution is 5.84. The summed E-state index contributed by atoms with van der Waals surface area (Å²) in [6.45, 7) is 27.3. The van der Waals surface area contributed by atoms with Crippen molar-refractivity contribution in [2.24, 2.45) is 62.1 Å². The number of carbonyl (C=O) groups is 2. The molecule has 10 unspecified atom stereocenters. The molecule has 2 heterocycles. The van der Waals surface area contributed by atoms with Gasteiger partial charge in [0.1, 0.15) is 6.10 Å². The minimum Gasteiger partial charge on any atom is -0.462 e. The van der Waals surface area contributed by atoms with Crippen molar-refractivity contribution in [2.75, 3.05) is 45.8 Å². The highest BCUT2D eigenvalue weighted by atomic mass is 16.5. The molecule has 2 aliphatic heterocycles. The summed E-state index contributed by atoms with van der Waals surface area (Å²) in [4.78, 5) is 35.1. The van der Waals surface area contributed by atoms with E-state index in [0.717, 1.165) is 45.2 Å². The Hall–Kier alpha value is -1.14. The lowest BCUT2D eigenvalue weighted by atomic mass is 9.32. The van der Waals surface area contributed by atoms with Crippen LogP contribution in [0.25, 0.3) is 0 Å². The van der Waals surface area contributed by atoms with E-state index in [0.29, 0.717) is 52.4 Å². The standard InChI is InChI=1S/C44H73N3O3/c1-9-45-26-28-46(29-27-45)31-15-24-47(25-16-31)38(49)44-19-12-32(40(5)20-21-40)37(44)33-10-11-35-41(6)17-14-36(50-30(2)48)39(3,4)34(41)13-18-43(35,8)42(33,7)22-23-44/h31-37H,9-29H2,1-8H3. The highest BCUT2D eigenvalue weighted by Gasteiger charge is 2.73. The summed E-state index contributed by atoms with van der Waals surface area (Å²) in [7, 11) is 0. The Morgan fingerprint density at radius 1 is 0.660 bits per heavy atom. The molecule has 8 rings (SSSR count). The zero-order valence-corrected chi connectivity index (χ0v) is 33.5. The molecule has 6 saturated carbocycles. The zero-order valence-electron chi connectivity index (χ0n) is 33.5. The monoisotopic (exact) mass is 692 g/mol. The van der Waals surface area contributed by atoms with Crippen LogP contribution in [0.15, 0.2) is 0 Å². The van der Waals surface area contributed by atoms with Gasteiger partial charge < -0.3 is 14.5 Å². The number of piperazine rings is 1. The fraction of sp³-hybridized carbons (Fsp3) is 0.955. The fourth-order valence-electron chi connectivity index (χ4n) is 15.9. The Balaban J connectivity index is 1.05. The number of amides is 1. The molecule has 0 aromatic carbocycles. The first kappa shape index (κ1) is 35.9. The Kier molecular flexibility index (Phi) is 8.74. The van der Waals surface area contributed by atoms with Crippen LogP contribution in [0.4, 0.5) is 0 Å². The van der Waals surface area contributed by atoms with Crippen LogP contribution in [-0.2, 0) is 14.3 Å². The molecule has 0 aromatic heterocycles. The van der Waals surface area contributed by atoms with E-state index in [2.05, 4.69) is 63.2 Å². The zero-order chi connectivity index (χ0) is 35.5. The normalized spacial score (nSPS) is 47.4. The average molecular weight is 692 g/mol. The molecule has 6 heteroatoms. The molecule has 50 heavy (non-hydrogen) atoms. The van der Waals surface area contributed by atoms with Crippen LogP contribution in [0.2, 0.25) is 0 Å². The fourth-order valence-corrected chi connectivity index (χ4v) is 15.9. The SMILES string of the molecule is CCN1CCN(C2CCN(C(=O)C34CCC(C5(C)CC5)C3C3CCC5C6(C)CCC(OC(C)=O)C(C)(C)C6CCC5(C)C3(C)CC4)CC2)CC1. The van der Waals surface area contributed by atoms with Crippen LogP contribution >= 0.6 is 0 Å². The third-order valence-corrected chi connectivity index (χ3v) is 19.2. The van der Waals surface area contributed by atoms with Crippen molar-refractivity contribution in [1.29, 1.82) is 0 Å². The molecule has 0 aromatic rings. The summed E-state index contributed by atoms with van der Waals surface area (Å²) in [6, 6.07) is 0.656. The van der Waals surface area contributed by atoms with Crippen molar-refractivity contribution < 1.29 is 14.3 Å². The number of hydrogen-bond acceptors (Lipinski definition) is 5. The number of fused-ring (bicyclic) bond motifs is 7. The van der Waals surface area contributed by atoms with Crippen molar-refractivity contribution in [1.82, 2.24) is 14.7 Å². The topological polar surface area (TPSA) is 53.1 Å². The van der Waals surface area contributed by atoms with Crippen LogP contribution in [0, 0.1) is 62.1 Å². The van der Waals surface area contributed by atoms with Crippen molar-refractivity contribution >= 4 is 11.9 Å². The maximum Gasteiger partial charge on any atom is 0.302 e. The van der Waals surface area contributed by atoms with Gasteiger partial charge >= 0.3 is 5.97 Å². The molecule has 0 bridgehead atoms. The Morgan fingerprint density at radius 3 is 2.00 bits per heavy atom. The summed E-state index contributed by atoms with van der Waals surface area (Å²) in [5.41, 5.74) is 1.17. The van der Waals surface area contributed by atoms with Crippen molar-refractivity contribution in [2.45, 2.75) is 157 Å². The predicted octanol–water partition coefficient (Wildman–Crippen LogP) is 8.43. The van der Waals surface area contributed by atoms with Gasteiger partial charge in [-0.25, -0.2) is 0 Å². The highest BCUT2D eigenvalue weighted by Crippen LogP contribution is 2.79. The van der Waals surface area contributed by atoms with Gasteiger partial charge in [-0.2, -0.15) is 0 Å². The average Bonchev–Trinajstić information content (AvgIpc) is 3.71. The lowest BCUT2D eigenvalue weighted by molar-refractivity contribution is -0.251. The lowest BCUT2D eigenvalue weighted by Crippen LogP contribution is -2.68. The lowest BCUT2D eigenvalue weighted by Gasteiger charge is -2.73. The van der Waals surface area contributed by atoms with Crippen LogP contribution in [-0.4, -0.2) is 84.5 Å². The smallest absolute Gasteiger partial charge is 0.302 e. The number of esters is 1. The van der Waals surface area contributed by atoms with Gasteiger partial charge in [0.05, 0.1) is 5.41 Å². The van der Waals surface area contributed by atoms with Crippen molar-refractivity contribution in [3.8, 4) is 0 Å². The van der Waals surface area contributed by atoms with Crippen LogP contribution < -0.4 is 0 Å². The van der Waals surface area contributed by atoms with Crippen molar-refractivity contribution in [3.05, 3.63) is 0 Å². The van der Waals surface area contributed by atoms with E-state index in [1.807, 2.05) is 0 Å². The van der Waals surface area contributed by atoms with E-state index in [1.165, 1.54) is 90.5 Å². The van der Waals surface area contributed by atoms with Gasteiger partial charge in [-0.15, -0.1) is 0 Å². The van der Waals surface area contributed by atoms with Gasteiger partial charge in [0.25, 0.3) is 0 Å². The number of nitrogens with zero attached hydrogens (tertiary/aromatic N) is 3. The third kappa shape index (κ3) is 5.11. The van der Waals surface area contributed by atoms with E-state index in [-0.39, 0.29) is 33.7 Å². The molecule has 0 spiro atoms. The maximum absolute atomic E-state index is 15.2. The molecule has 1 amide bonds. The summed E-state index contributed by atoms with van der Waals surface area (Å²) >= 11 is 0. The number of rotatable bonds is 5. The molecule has 0 N–H and O–H groups in total. The van der Waals surface area contributed by atoms with Gasteiger partial charge in [-0.05, 0) is 148 Å². The van der Waals surface area contributed by atoms with E-state index in [1.54, 1.807) is 6.92 Å². The van der Waals surface area contributed by atoms with Crippen LogP contribution in [0.5, 0.6) is 0 Å². The molecule has 6 nitrogen and oxygen atoms in total. The number of ether oxygens (including phenoxy) is 1. The summed E-state index contributed by atoms with van der Waals surface area (Å²) in [6.07, 6.45) is 17.2. The summed E-state index contributed by atoms with van der Waals surface area (Å²) in [5, 5.41) is 0. The number of piperidine rings is 1. The minimum atomic E-state index is -0.131. The van der Waals surface area contributed by atoms with Crippen LogP contribution in [0.1, 0.15) is 145 Å². The van der Waals surface area contributed by atoms with E-state index in [9.17, 15) is 4.79 Å². The molecule has 8 fully saturated rings. The maximum atomic E-state index is 15.2. The quantitative estimate of drug-likeness (QED) is 0.271. The molecule has 282 valence electrons. The van der Waals surface area contributed by atoms with E-state index >= 15 is 4.79 Å². The molecule has 2 saturated heterocycles. The number of likely N-dealkylation sites (tertiary alicyclic amines) is 1. The van der Waals surface area contributed by atoms with Gasteiger partial charge in [0, 0.05) is 57.6 Å². The second-order valence-corrected chi connectivity index (χ2v) is 21.1. The van der Waals surface area contributed by atoms with Crippen LogP contribution in [0.3, 0.4) is 0 Å². The molecular weight excluding hydrogens is 619 g/mol. The van der Waals surface area contributed by atoms with Gasteiger partial charge in [-0.3, -0.25) is 14.5 Å². The molecule has 6 aliphatic carbocycles. The third-order valence-electron chi connectivity index (χ3n) is 19.2. The first-order chi connectivity index (χ1) is 23.6. The molecule has 0 radical (unpaired) electrons. The Labute approximate surface area is 305 Å². The summed E-state index contributed by atoms with van der Waals surface area (Å²) < 4.78 is 6.01. The Morgan fingerprint density at radius 2 is 1.36 bits per heavy atom. The second kappa shape index (κ2) is 12.2. The van der Waals surface area contributed by atoms with Gasteiger partial charge in [0.2, 0.25) is 5.91 Å². The number of likely N-dealkylation sites (N-methyl/N-ethyl adjacent to an activating group) is 1. The van der Waals surface area contributed by atoms with E-state index in [4.69, 9.17) is 4.74 Å². The molecule has 10 atom stereocenters. The largest absolute Gasteiger partial charge is 0.462 e.